The Kier molecular flexibility index (Phi) is 5.43. The number of thioether (sulfide) groups is 1. The summed E-state index contributed by atoms with van der Waals surface area (Å²) in [7, 11) is 0. The van der Waals surface area contributed by atoms with Crippen molar-refractivity contribution in [3.05, 3.63) is 53.9 Å². The van der Waals surface area contributed by atoms with Crippen molar-refractivity contribution in [3.8, 4) is 0 Å². The Morgan fingerprint density at radius 1 is 1.15 bits per heavy atom. The van der Waals surface area contributed by atoms with Crippen LogP contribution in [0.1, 0.15) is 37.9 Å². The van der Waals surface area contributed by atoms with E-state index in [1.807, 2.05) is 0 Å². The van der Waals surface area contributed by atoms with Crippen molar-refractivity contribution in [2.24, 2.45) is 5.73 Å². The lowest BCUT2D eigenvalue weighted by Crippen LogP contribution is -2.43. The molecular formula is C22H21F3N4O3S. The van der Waals surface area contributed by atoms with E-state index >= 15 is 0 Å². The van der Waals surface area contributed by atoms with Crippen LogP contribution in [0.4, 0.5) is 23.7 Å². The monoisotopic (exact) mass is 478 g/mol. The van der Waals surface area contributed by atoms with Crippen molar-refractivity contribution in [1.82, 2.24) is 9.88 Å². The van der Waals surface area contributed by atoms with Gasteiger partial charge in [-0.3, -0.25) is 14.6 Å². The number of urea groups is 1. The normalized spacial score (nSPS) is 19.2. The number of anilines is 1. The van der Waals surface area contributed by atoms with Gasteiger partial charge in [0.15, 0.2) is 0 Å². The van der Waals surface area contributed by atoms with Crippen LogP contribution in [0, 0.1) is 0 Å². The first-order valence-corrected chi connectivity index (χ1v) is 10.9. The van der Waals surface area contributed by atoms with E-state index in [-0.39, 0.29) is 28.9 Å². The molecule has 0 radical (unpaired) electrons. The summed E-state index contributed by atoms with van der Waals surface area (Å²) in [6, 6.07) is 7.90. The van der Waals surface area contributed by atoms with Gasteiger partial charge in [-0.25, -0.2) is 9.69 Å². The van der Waals surface area contributed by atoms with E-state index in [1.54, 1.807) is 26.0 Å². The van der Waals surface area contributed by atoms with Gasteiger partial charge in [0.2, 0.25) is 5.91 Å². The molecule has 33 heavy (non-hydrogen) atoms. The Bertz CT molecular complexity index is 1130. The molecule has 174 valence electrons. The predicted octanol–water partition coefficient (Wildman–Crippen LogP) is 3.96. The molecule has 1 saturated heterocycles. The second-order valence-electron chi connectivity index (χ2n) is 8.61. The highest BCUT2D eigenvalue weighted by Gasteiger charge is 2.53. The maximum Gasteiger partial charge on any atom is 0.446 e. The molecule has 1 aliphatic heterocycles. The third-order valence-electron chi connectivity index (χ3n) is 6.03. The minimum absolute atomic E-state index is 0.0470. The van der Waals surface area contributed by atoms with Gasteiger partial charge in [0.25, 0.3) is 5.91 Å². The number of hydrogen-bond donors (Lipinski definition) is 1. The van der Waals surface area contributed by atoms with Crippen LogP contribution in [0.2, 0.25) is 0 Å². The van der Waals surface area contributed by atoms with E-state index < -0.39 is 34.3 Å². The molecule has 0 bridgehead atoms. The first-order valence-electron chi connectivity index (χ1n) is 10.1. The molecule has 1 aromatic heterocycles. The molecule has 1 aliphatic carbocycles. The fourth-order valence-corrected chi connectivity index (χ4v) is 4.44. The van der Waals surface area contributed by atoms with Gasteiger partial charge in [-0.05, 0) is 80.4 Å². The average Bonchev–Trinajstić information content (AvgIpc) is 3.52. The fourth-order valence-electron chi connectivity index (χ4n) is 3.90. The summed E-state index contributed by atoms with van der Waals surface area (Å²) in [4.78, 5) is 44.7. The van der Waals surface area contributed by atoms with Gasteiger partial charge in [0, 0.05) is 17.6 Å². The molecule has 2 N–H and O–H groups in total. The Hall–Kier alpha value is -3.08. The van der Waals surface area contributed by atoms with E-state index in [9.17, 15) is 27.6 Å². The number of aromatic nitrogens is 1. The van der Waals surface area contributed by atoms with Crippen molar-refractivity contribution >= 4 is 35.3 Å². The minimum atomic E-state index is -4.43. The number of carbonyl (C=O) groups excluding carboxylic acids is 3. The number of imide groups is 1. The molecule has 4 amide bonds. The number of halogens is 3. The van der Waals surface area contributed by atoms with Crippen molar-refractivity contribution in [3.63, 3.8) is 0 Å². The largest absolute Gasteiger partial charge is 0.446 e. The summed E-state index contributed by atoms with van der Waals surface area (Å²) in [5.41, 5.74) is 0.532. The predicted molar refractivity (Wildman–Crippen MR) is 115 cm³/mol. The molecule has 1 saturated carbocycles. The molecule has 11 heteroatoms. The van der Waals surface area contributed by atoms with Gasteiger partial charge < -0.3 is 10.6 Å². The van der Waals surface area contributed by atoms with Crippen LogP contribution in [-0.4, -0.2) is 38.8 Å². The molecular weight excluding hydrogens is 457 g/mol. The number of pyridine rings is 1. The van der Waals surface area contributed by atoms with E-state index in [1.165, 1.54) is 35.4 Å². The number of alkyl halides is 3. The number of primary amides is 1. The Morgan fingerprint density at radius 3 is 2.33 bits per heavy atom. The maximum absolute atomic E-state index is 13.2. The first kappa shape index (κ1) is 23.1. The lowest BCUT2D eigenvalue weighted by Gasteiger charge is -2.28. The summed E-state index contributed by atoms with van der Waals surface area (Å²) in [5.74, 6) is -0.938. The van der Waals surface area contributed by atoms with E-state index in [0.29, 0.717) is 24.1 Å². The fraction of sp³-hybridized carbons (Fsp3) is 0.364. The zero-order valence-corrected chi connectivity index (χ0v) is 18.7. The molecule has 7 nitrogen and oxygen atoms in total. The van der Waals surface area contributed by atoms with Crippen LogP contribution in [0.25, 0.3) is 0 Å². The standard InChI is InChI=1S/C22H21F3N4O3S/c1-20(2)18(31)29(14-3-5-15(6-4-14)33-22(23,24)25)19(32)28(20)12-13-7-10-27-16(11-13)21(8-9-21)17(26)30/h3-7,10-11H,8-9,12H2,1-2H3,(H2,26,30). The number of benzene rings is 1. The molecule has 2 heterocycles. The number of amides is 4. The van der Waals surface area contributed by atoms with E-state index in [0.717, 1.165) is 4.90 Å². The Labute approximate surface area is 192 Å². The van der Waals surface area contributed by atoms with Crippen LogP contribution >= 0.6 is 11.8 Å². The highest BCUT2D eigenvalue weighted by atomic mass is 32.2. The lowest BCUT2D eigenvalue weighted by atomic mass is 9.98. The van der Waals surface area contributed by atoms with Gasteiger partial charge in [0.05, 0.1) is 16.8 Å². The molecule has 2 aliphatic rings. The highest BCUT2D eigenvalue weighted by molar-refractivity contribution is 8.00. The SMILES string of the molecule is CC1(C)C(=O)N(c2ccc(SC(F)(F)F)cc2)C(=O)N1Cc1ccnc(C2(C(N)=O)CC2)c1. The number of carbonyl (C=O) groups is 3. The molecule has 2 fully saturated rings. The summed E-state index contributed by atoms with van der Waals surface area (Å²) >= 11 is -0.272. The van der Waals surface area contributed by atoms with Crippen molar-refractivity contribution in [2.75, 3.05) is 4.90 Å². The number of hydrogen-bond acceptors (Lipinski definition) is 5. The molecule has 0 unspecified atom stereocenters. The van der Waals surface area contributed by atoms with Gasteiger partial charge >= 0.3 is 11.5 Å². The third kappa shape index (κ3) is 4.17. The van der Waals surface area contributed by atoms with Crippen molar-refractivity contribution in [2.45, 2.75) is 54.6 Å². The van der Waals surface area contributed by atoms with E-state index in [2.05, 4.69) is 4.98 Å². The Morgan fingerprint density at radius 2 is 1.79 bits per heavy atom. The highest BCUT2D eigenvalue weighted by Crippen LogP contribution is 2.47. The quantitative estimate of drug-likeness (QED) is 0.501. The topological polar surface area (TPSA) is 96.6 Å². The molecule has 4 rings (SSSR count). The average molecular weight is 478 g/mol. The molecule has 1 aromatic carbocycles. The zero-order chi connectivity index (χ0) is 24.2. The maximum atomic E-state index is 13.2. The van der Waals surface area contributed by atoms with Crippen LogP contribution in [0.5, 0.6) is 0 Å². The van der Waals surface area contributed by atoms with Gasteiger partial charge in [0.1, 0.15) is 5.54 Å². The third-order valence-corrected chi connectivity index (χ3v) is 6.77. The number of rotatable bonds is 6. The van der Waals surface area contributed by atoms with Gasteiger partial charge in [-0.2, -0.15) is 13.2 Å². The molecule has 0 atom stereocenters. The lowest BCUT2D eigenvalue weighted by molar-refractivity contribution is -0.123. The number of nitrogens with two attached hydrogens (primary N) is 1. The summed E-state index contributed by atoms with van der Waals surface area (Å²) < 4.78 is 37.8. The van der Waals surface area contributed by atoms with Crippen LogP contribution in [-0.2, 0) is 21.5 Å². The van der Waals surface area contributed by atoms with Gasteiger partial charge in [-0.15, -0.1) is 0 Å². The summed E-state index contributed by atoms with van der Waals surface area (Å²) in [6.07, 6.45) is 2.77. The summed E-state index contributed by atoms with van der Waals surface area (Å²) in [6.45, 7) is 3.30. The van der Waals surface area contributed by atoms with Crippen LogP contribution < -0.4 is 10.6 Å². The molecule has 2 aromatic rings. The smallest absolute Gasteiger partial charge is 0.369 e. The second kappa shape index (κ2) is 7.75. The Balaban J connectivity index is 1.58. The van der Waals surface area contributed by atoms with Crippen LogP contribution in [0.15, 0.2) is 47.5 Å². The number of nitrogens with zero attached hydrogens (tertiary/aromatic N) is 3. The van der Waals surface area contributed by atoms with E-state index in [4.69, 9.17) is 5.73 Å². The summed E-state index contributed by atoms with van der Waals surface area (Å²) in [5, 5.41) is 0. The minimum Gasteiger partial charge on any atom is -0.369 e. The molecule has 0 spiro atoms. The van der Waals surface area contributed by atoms with Crippen molar-refractivity contribution < 1.29 is 27.6 Å². The van der Waals surface area contributed by atoms with Gasteiger partial charge in [-0.1, -0.05) is 0 Å². The van der Waals surface area contributed by atoms with Crippen molar-refractivity contribution in [1.29, 1.82) is 0 Å². The first-order chi connectivity index (χ1) is 15.3. The zero-order valence-electron chi connectivity index (χ0n) is 17.8. The second-order valence-corrected chi connectivity index (χ2v) is 9.74. The van der Waals surface area contributed by atoms with Crippen LogP contribution in [0.3, 0.4) is 0 Å².